The van der Waals surface area contributed by atoms with Crippen LogP contribution < -0.4 is 9.47 Å². The van der Waals surface area contributed by atoms with Gasteiger partial charge in [-0.3, -0.25) is 14.9 Å². The molecule has 3 aromatic rings. The Kier molecular flexibility index (Phi) is 9.60. The van der Waals surface area contributed by atoms with Crippen molar-refractivity contribution < 1.29 is 37.1 Å². The van der Waals surface area contributed by atoms with Crippen LogP contribution in [0.4, 0.5) is 10.1 Å². The highest BCUT2D eigenvalue weighted by atomic mass is 32.2. The zero-order valence-corrected chi connectivity index (χ0v) is 22.5. The predicted octanol–water partition coefficient (Wildman–Crippen LogP) is 4.65. The summed E-state index contributed by atoms with van der Waals surface area (Å²) in [6, 6.07) is 15.8. The van der Waals surface area contributed by atoms with E-state index in [0.717, 1.165) is 12.1 Å². The fourth-order valence-electron chi connectivity index (χ4n) is 4.09. The third kappa shape index (κ3) is 7.30. The van der Waals surface area contributed by atoms with Crippen LogP contribution in [-0.4, -0.2) is 48.7 Å². The summed E-state index contributed by atoms with van der Waals surface area (Å²) < 4.78 is 53.6. The van der Waals surface area contributed by atoms with Crippen LogP contribution in [-0.2, 0) is 27.9 Å². The molecule has 3 rings (SSSR count). The smallest absolute Gasteiger partial charge is 0.311 e. The molecule has 10 nitrogen and oxygen atoms in total. The number of methoxy groups -OCH3 is 2. The zero-order valence-electron chi connectivity index (χ0n) is 21.7. The van der Waals surface area contributed by atoms with Crippen molar-refractivity contribution in [1.29, 1.82) is 0 Å². The first-order chi connectivity index (χ1) is 18.5. The Bertz CT molecular complexity index is 1380. The molecular formula is C27H29FN2O8S. The maximum Gasteiger partial charge on any atom is 0.311 e. The number of nitrogens with zero attached hydrogens (tertiary/aromatic N) is 2. The first-order valence-electron chi connectivity index (χ1n) is 11.9. The first kappa shape index (κ1) is 29.5. The number of nitro benzene ring substituents is 1. The number of ether oxygens (including phenoxy) is 2. The number of carboxylic acids is 1. The topological polar surface area (TPSA) is 136 Å². The first-order valence-corrected chi connectivity index (χ1v) is 13.5. The lowest BCUT2D eigenvalue weighted by molar-refractivity contribution is -0.385. The summed E-state index contributed by atoms with van der Waals surface area (Å²) in [6.07, 6.45) is -0.437. The largest absolute Gasteiger partial charge is 0.497 e. The van der Waals surface area contributed by atoms with Crippen LogP contribution in [0.1, 0.15) is 34.6 Å². The Morgan fingerprint density at radius 2 is 1.46 bits per heavy atom. The van der Waals surface area contributed by atoms with Crippen LogP contribution in [0.3, 0.4) is 0 Å². The third-order valence-corrected chi connectivity index (χ3v) is 8.15. The van der Waals surface area contributed by atoms with E-state index in [9.17, 15) is 32.8 Å². The molecule has 0 heterocycles. The SMILES string of the molecule is COc1ccc(CN(Cc2ccc(OC)cc2)S(=O)(=O)CCC(C(=O)O)c2ccc([N+](=O)[O-])c(C)c2F)cc1. The van der Waals surface area contributed by atoms with Gasteiger partial charge in [-0.05, 0) is 54.8 Å². The van der Waals surface area contributed by atoms with E-state index < -0.39 is 50.5 Å². The molecule has 0 aliphatic carbocycles. The third-order valence-electron chi connectivity index (χ3n) is 6.35. The van der Waals surface area contributed by atoms with E-state index in [0.29, 0.717) is 22.6 Å². The number of hydrogen-bond donors (Lipinski definition) is 1. The van der Waals surface area contributed by atoms with E-state index in [4.69, 9.17) is 9.47 Å². The number of nitro groups is 1. The van der Waals surface area contributed by atoms with Crippen LogP contribution in [0.5, 0.6) is 11.5 Å². The molecule has 0 spiro atoms. The van der Waals surface area contributed by atoms with Crippen molar-refractivity contribution >= 4 is 21.7 Å². The second-order valence-corrected chi connectivity index (χ2v) is 10.9. The van der Waals surface area contributed by atoms with Gasteiger partial charge in [0.15, 0.2) is 0 Å². The fraction of sp³-hybridized carbons (Fsp3) is 0.296. The molecule has 12 heteroatoms. The van der Waals surface area contributed by atoms with Gasteiger partial charge in [0.25, 0.3) is 5.69 Å². The van der Waals surface area contributed by atoms with Crippen molar-refractivity contribution in [2.75, 3.05) is 20.0 Å². The highest BCUT2D eigenvalue weighted by molar-refractivity contribution is 7.89. The molecule has 0 aliphatic rings. The van der Waals surface area contributed by atoms with E-state index in [2.05, 4.69) is 0 Å². The monoisotopic (exact) mass is 560 g/mol. The van der Waals surface area contributed by atoms with Crippen LogP contribution in [0.25, 0.3) is 0 Å². The summed E-state index contributed by atoms with van der Waals surface area (Å²) in [6.45, 7) is 1.18. The van der Waals surface area contributed by atoms with Crippen molar-refractivity contribution in [3.63, 3.8) is 0 Å². The van der Waals surface area contributed by atoms with Gasteiger partial charge < -0.3 is 14.6 Å². The molecule has 0 radical (unpaired) electrons. The Morgan fingerprint density at radius 3 is 1.87 bits per heavy atom. The molecule has 0 aliphatic heterocycles. The second kappa shape index (κ2) is 12.7. The van der Waals surface area contributed by atoms with Gasteiger partial charge in [0.1, 0.15) is 17.3 Å². The number of sulfonamides is 1. The molecule has 0 saturated carbocycles. The van der Waals surface area contributed by atoms with Crippen LogP contribution >= 0.6 is 0 Å². The lowest BCUT2D eigenvalue weighted by Gasteiger charge is -2.24. The maximum atomic E-state index is 15.0. The average Bonchev–Trinajstić information content (AvgIpc) is 2.91. The second-order valence-electron chi connectivity index (χ2n) is 8.83. The summed E-state index contributed by atoms with van der Waals surface area (Å²) in [5.41, 5.74) is 0.252. The Labute approximate surface area is 225 Å². The van der Waals surface area contributed by atoms with Gasteiger partial charge in [-0.25, -0.2) is 12.8 Å². The van der Waals surface area contributed by atoms with Crippen molar-refractivity contribution in [2.24, 2.45) is 0 Å². The molecule has 208 valence electrons. The molecule has 0 amide bonds. The standard InChI is InChI=1S/C27H29FN2O8S/c1-18-25(30(33)34)13-12-23(26(18)28)24(27(31)32)14-15-39(35,36)29(16-19-4-8-21(37-2)9-5-19)17-20-6-10-22(38-3)11-7-20/h4-13,24H,14-17H2,1-3H3,(H,31,32). The molecule has 0 saturated heterocycles. The molecule has 1 atom stereocenters. The van der Waals surface area contributed by atoms with Gasteiger partial charge in [0, 0.05) is 24.7 Å². The van der Waals surface area contributed by atoms with Crippen molar-refractivity contribution in [3.05, 3.63) is 98.8 Å². The number of carbonyl (C=O) groups is 1. The molecule has 0 fully saturated rings. The minimum atomic E-state index is -4.05. The van der Waals surface area contributed by atoms with Gasteiger partial charge >= 0.3 is 5.97 Å². The minimum absolute atomic E-state index is 0.00109. The lowest BCUT2D eigenvalue weighted by atomic mass is 9.94. The van der Waals surface area contributed by atoms with Crippen LogP contribution in [0.2, 0.25) is 0 Å². The molecule has 39 heavy (non-hydrogen) atoms. The van der Waals surface area contributed by atoms with E-state index in [1.165, 1.54) is 25.4 Å². The molecule has 1 unspecified atom stereocenters. The molecule has 0 aromatic heterocycles. The predicted molar refractivity (Wildman–Crippen MR) is 142 cm³/mol. The summed E-state index contributed by atoms with van der Waals surface area (Å²) >= 11 is 0. The highest BCUT2D eigenvalue weighted by Gasteiger charge is 2.31. The van der Waals surface area contributed by atoms with Crippen molar-refractivity contribution in [1.82, 2.24) is 4.31 Å². The van der Waals surface area contributed by atoms with Gasteiger partial charge in [-0.1, -0.05) is 24.3 Å². The van der Waals surface area contributed by atoms with Gasteiger partial charge in [-0.15, -0.1) is 0 Å². The normalized spacial score (nSPS) is 12.2. The Balaban J connectivity index is 1.89. The number of aliphatic carboxylic acids is 1. The van der Waals surface area contributed by atoms with E-state index >= 15 is 0 Å². The van der Waals surface area contributed by atoms with Crippen molar-refractivity contribution in [3.8, 4) is 11.5 Å². The van der Waals surface area contributed by atoms with Gasteiger partial charge in [0.2, 0.25) is 10.0 Å². The number of benzene rings is 3. The van der Waals surface area contributed by atoms with Crippen LogP contribution in [0, 0.1) is 22.9 Å². The Hall–Kier alpha value is -4.03. The van der Waals surface area contributed by atoms with Gasteiger partial charge in [-0.2, -0.15) is 4.31 Å². The molecular weight excluding hydrogens is 531 g/mol. The maximum absolute atomic E-state index is 15.0. The quantitative estimate of drug-likeness (QED) is 0.236. The molecule has 3 aromatic carbocycles. The summed E-state index contributed by atoms with van der Waals surface area (Å²) in [4.78, 5) is 22.4. The van der Waals surface area contributed by atoms with E-state index in [1.807, 2.05) is 0 Å². The van der Waals surface area contributed by atoms with E-state index in [-0.39, 0.29) is 24.2 Å². The summed E-state index contributed by atoms with van der Waals surface area (Å²) in [5.74, 6) is -3.38. The minimum Gasteiger partial charge on any atom is -0.497 e. The average molecular weight is 561 g/mol. The Morgan fingerprint density at radius 1 is 0.974 bits per heavy atom. The summed E-state index contributed by atoms with van der Waals surface area (Å²) in [7, 11) is -1.02. The fourth-order valence-corrected chi connectivity index (χ4v) is 5.58. The number of rotatable bonds is 13. The van der Waals surface area contributed by atoms with Gasteiger partial charge in [0.05, 0.1) is 36.4 Å². The lowest BCUT2D eigenvalue weighted by Crippen LogP contribution is -2.33. The van der Waals surface area contributed by atoms with E-state index in [1.54, 1.807) is 48.5 Å². The number of halogens is 1. The number of carboxylic acid groups (broad SMARTS) is 1. The molecule has 1 N–H and O–H groups in total. The highest BCUT2D eigenvalue weighted by Crippen LogP contribution is 2.31. The molecule has 0 bridgehead atoms. The summed E-state index contributed by atoms with van der Waals surface area (Å²) in [5, 5.41) is 20.9. The van der Waals surface area contributed by atoms with Crippen LogP contribution in [0.15, 0.2) is 60.7 Å². The zero-order chi connectivity index (χ0) is 28.7. The number of hydrogen-bond acceptors (Lipinski definition) is 7. The van der Waals surface area contributed by atoms with Crippen molar-refractivity contribution in [2.45, 2.75) is 32.4 Å².